The number of benzene rings is 1. The van der Waals surface area contributed by atoms with Crippen molar-refractivity contribution in [3.8, 4) is 17.2 Å². The molecule has 17 heteroatoms. The molecule has 5 unspecified atom stereocenters. The summed E-state index contributed by atoms with van der Waals surface area (Å²) in [4.78, 5) is 65.3. The number of methoxy groups -OCH3 is 3. The Bertz CT molecular complexity index is 1210. The summed E-state index contributed by atoms with van der Waals surface area (Å²) in [5.74, 6) is -4.56. The van der Waals surface area contributed by atoms with E-state index >= 15 is 0 Å². The summed E-state index contributed by atoms with van der Waals surface area (Å²) in [6.07, 6.45) is -7.06. The molecule has 4 N–H and O–H groups in total. The minimum Gasteiger partial charge on any atom is -0.493 e. The molecule has 1 aliphatic rings. The van der Waals surface area contributed by atoms with Crippen LogP contribution in [-0.2, 0) is 47.6 Å². The first-order valence-electron chi connectivity index (χ1n) is 13.2. The van der Waals surface area contributed by atoms with Gasteiger partial charge in [0.05, 0.1) is 33.5 Å². The first-order valence-corrected chi connectivity index (χ1v) is 13.2. The van der Waals surface area contributed by atoms with E-state index in [9.17, 15) is 24.0 Å². The first-order chi connectivity index (χ1) is 20.8. The molecule has 1 saturated heterocycles. The number of nitrogens with zero attached hydrogens (tertiary/aromatic N) is 1. The molecule has 0 radical (unpaired) electrons. The number of guanidine groups is 1. The summed E-state index contributed by atoms with van der Waals surface area (Å²) >= 11 is 0. The molecular formula is C27H37N3O14. The van der Waals surface area contributed by atoms with Gasteiger partial charge in [0.15, 0.2) is 35.8 Å². The number of unbranched alkanes of at least 4 members (excludes halogenated alkanes) is 1. The monoisotopic (exact) mass is 627 g/mol. The van der Waals surface area contributed by atoms with Crippen LogP contribution < -0.4 is 25.7 Å². The topological polar surface area (TPSA) is 233 Å². The van der Waals surface area contributed by atoms with Crippen LogP contribution in [-0.4, -0.2) is 101 Å². The lowest BCUT2D eigenvalue weighted by molar-refractivity contribution is -0.282. The number of aliphatic imine (C=N–C) groups is 1. The van der Waals surface area contributed by atoms with Gasteiger partial charge in [-0.15, -0.1) is 0 Å². The van der Waals surface area contributed by atoms with Crippen molar-refractivity contribution in [3.63, 3.8) is 0 Å². The maximum Gasteiger partial charge on any atom is 0.339 e. The van der Waals surface area contributed by atoms with E-state index in [1.165, 1.54) is 26.4 Å². The van der Waals surface area contributed by atoms with Crippen LogP contribution in [0, 0.1) is 0 Å². The van der Waals surface area contributed by atoms with Crippen LogP contribution in [0.2, 0.25) is 0 Å². The normalized spacial score (nSPS) is 20.7. The highest BCUT2D eigenvalue weighted by atomic mass is 16.7. The van der Waals surface area contributed by atoms with Crippen molar-refractivity contribution in [2.24, 2.45) is 16.5 Å². The number of hydrogen-bond donors (Lipinski definition) is 2. The maximum absolute atomic E-state index is 12.8. The fourth-order valence-electron chi connectivity index (χ4n) is 4.07. The third-order valence-electron chi connectivity index (χ3n) is 5.84. The third-order valence-corrected chi connectivity index (χ3v) is 5.84. The highest BCUT2D eigenvalue weighted by molar-refractivity contribution is 5.91. The summed E-state index contributed by atoms with van der Waals surface area (Å²) in [5.41, 5.74) is 10.6. The average Bonchev–Trinajstić information content (AvgIpc) is 2.96. The number of carbonyl (C=O) groups is 5. The molecule has 0 bridgehead atoms. The molecule has 1 aromatic rings. The Morgan fingerprint density at radius 3 is 1.86 bits per heavy atom. The number of nitrogens with two attached hydrogens (primary N) is 2. The van der Waals surface area contributed by atoms with E-state index in [-0.39, 0.29) is 35.4 Å². The summed E-state index contributed by atoms with van der Waals surface area (Å²) in [6, 6.07) is 2.60. The van der Waals surface area contributed by atoms with Crippen molar-refractivity contribution in [2.45, 2.75) is 64.3 Å². The number of esters is 5. The zero-order chi connectivity index (χ0) is 33.0. The second kappa shape index (κ2) is 16.7. The summed E-state index contributed by atoms with van der Waals surface area (Å²) in [6.45, 7) is 3.64. The van der Waals surface area contributed by atoms with Gasteiger partial charge in [0.1, 0.15) is 0 Å². The number of rotatable bonds is 14. The molecule has 44 heavy (non-hydrogen) atoms. The van der Waals surface area contributed by atoms with Gasteiger partial charge in [-0.25, -0.2) is 9.59 Å². The highest BCUT2D eigenvalue weighted by Gasteiger charge is 2.56. The molecule has 1 aliphatic heterocycles. The molecular weight excluding hydrogens is 590 g/mol. The minimum atomic E-state index is -1.69. The Balaban J connectivity index is 2.46. The number of hydrogen-bond acceptors (Lipinski definition) is 15. The Morgan fingerprint density at radius 1 is 0.818 bits per heavy atom. The van der Waals surface area contributed by atoms with Crippen molar-refractivity contribution < 1.29 is 66.6 Å². The Kier molecular flexibility index (Phi) is 13.5. The van der Waals surface area contributed by atoms with Gasteiger partial charge in [0.25, 0.3) is 0 Å². The predicted octanol–water partition coefficient (Wildman–Crippen LogP) is -0.0140. The third kappa shape index (κ3) is 9.89. The molecule has 5 atom stereocenters. The smallest absolute Gasteiger partial charge is 0.339 e. The van der Waals surface area contributed by atoms with Crippen LogP contribution in [0.5, 0.6) is 17.2 Å². The maximum atomic E-state index is 12.8. The largest absolute Gasteiger partial charge is 0.493 e. The molecule has 0 spiro atoms. The average molecular weight is 628 g/mol. The van der Waals surface area contributed by atoms with Crippen molar-refractivity contribution in [2.75, 3.05) is 34.5 Å². The Morgan fingerprint density at radius 2 is 1.36 bits per heavy atom. The van der Waals surface area contributed by atoms with Crippen molar-refractivity contribution in [1.29, 1.82) is 0 Å². The van der Waals surface area contributed by atoms with Gasteiger partial charge in [0, 0.05) is 27.3 Å². The molecule has 1 fully saturated rings. The molecule has 17 nitrogen and oxygen atoms in total. The van der Waals surface area contributed by atoms with Crippen molar-refractivity contribution in [1.82, 2.24) is 0 Å². The van der Waals surface area contributed by atoms with Gasteiger partial charge >= 0.3 is 29.8 Å². The van der Waals surface area contributed by atoms with Gasteiger partial charge in [-0.1, -0.05) is 0 Å². The fourth-order valence-corrected chi connectivity index (χ4v) is 4.07. The fraction of sp³-hybridized carbons (Fsp3) is 0.556. The van der Waals surface area contributed by atoms with Crippen LogP contribution in [0.3, 0.4) is 0 Å². The lowest BCUT2D eigenvalue weighted by Crippen LogP contribution is -2.64. The highest BCUT2D eigenvalue weighted by Crippen LogP contribution is 2.41. The van der Waals surface area contributed by atoms with Crippen molar-refractivity contribution in [3.05, 3.63) is 17.7 Å². The second-order valence-electron chi connectivity index (χ2n) is 9.15. The lowest BCUT2D eigenvalue weighted by Gasteiger charge is -2.43. The number of ether oxygens (including phenoxy) is 9. The Hall–Kier alpha value is -4.80. The van der Waals surface area contributed by atoms with Gasteiger partial charge in [-0.3, -0.25) is 19.4 Å². The van der Waals surface area contributed by atoms with E-state index in [0.29, 0.717) is 19.4 Å². The minimum absolute atomic E-state index is 0.0341. The second-order valence-corrected chi connectivity index (χ2v) is 9.15. The molecule has 0 saturated carbocycles. The predicted molar refractivity (Wildman–Crippen MR) is 148 cm³/mol. The van der Waals surface area contributed by atoms with E-state index < -0.39 is 60.6 Å². The summed E-state index contributed by atoms with van der Waals surface area (Å²) in [5, 5.41) is 0. The lowest BCUT2D eigenvalue weighted by atomic mass is 9.97. The Labute approximate surface area is 252 Å². The van der Waals surface area contributed by atoms with E-state index in [4.69, 9.17) is 54.1 Å². The van der Waals surface area contributed by atoms with E-state index in [2.05, 4.69) is 4.99 Å². The molecule has 244 valence electrons. The van der Waals surface area contributed by atoms with Gasteiger partial charge in [-0.05, 0) is 25.0 Å². The molecule has 0 aromatic heterocycles. The van der Waals surface area contributed by atoms with Gasteiger partial charge in [0.2, 0.25) is 18.1 Å². The summed E-state index contributed by atoms with van der Waals surface area (Å²) in [7, 11) is 3.61. The van der Waals surface area contributed by atoms with Gasteiger partial charge < -0.3 is 54.1 Å². The van der Waals surface area contributed by atoms with Crippen LogP contribution in [0.25, 0.3) is 0 Å². The van der Waals surface area contributed by atoms with Crippen LogP contribution in [0.15, 0.2) is 17.1 Å². The van der Waals surface area contributed by atoms with Crippen LogP contribution in [0.4, 0.5) is 0 Å². The van der Waals surface area contributed by atoms with Crippen LogP contribution >= 0.6 is 0 Å². The number of carbonyl (C=O) groups excluding carboxylic acids is 5. The summed E-state index contributed by atoms with van der Waals surface area (Å²) < 4.78 is 48.7. The van der Waals surface area contributed by atoms with Crippen molar-refractivity contribution >= 4 is 35.8 Å². The molecule has 0 amide bonds. The molecule has 1 aromatic carbocycles. The van der Waals surface area contributed by atoms with E-state index in [0.717, 1.165) is 27.9 Å². The van der Waals surface area contributed by atoms with E-state index in [1.807, 2.05) is 0 Å². The first kappa shape index (κ1) is 35.4. The standard InChI is InChI=1S/C27H37N3O14/c1-13(31)40-20-21(41-14(2)32)23(42-15(3)33)26(44-22(20)25(35)38-6)43-19-17(36-4)11-16(12-18(19)37-5)24(34)39-10-8-7-9-30-27(28)29/h11-12,20-23,26H,7-10H2,1-6H3,(H4,28,29,30). The molecule has 0 aliphatic carbocycles. The quantitative estimate of drug-likeness (QED) is 0.0907. The zero-order valence-corrected chi connectivity index (χ0v) is 25.2. The molecule has 1 heterocycles. The van der Waals surface area contributed by atoms with Gasteiger partial charge in [-0.2, -0.15) is 0 Å². The SMILES string of the molecule is COC(=O)C1OC(Oc2c(OC)cc(C(=O)OCCCCN=C(N)N)cc2OC)C(OC(C)=O)C(OC(C)=O)C1OC(C)=O. The zero-order valence-electron chi connectivity index (χ0n) is 25.2. The van der Waals surface area contributed by atoms with E-state index in [1.54, 1.807) is 0 Å². The van der Waals surface area contributed by atoms with Crippen LogP contribution in [0.1, 0.15) is 44.0 Å². The molecule has 2 rings (SSSR count).